The lowest BCUT2D eigenvalue weighted by atomic mass is 9.90. The minimum Gasteiger partial charge on any atom is -0.339 e. The maximum Gasteiger partial charge on any atom is 0.255 e. The fourth-order valence-electron chi connectivity index (χ4n) is 4.35. The first-order chi connectivity index (χ1) is 14.8. The van der Waals surface area contributed by atoms with Gasteiger partial charge in [-0.1, -0.05) is 48.9 Å². The van der Waals surface area contributed by atoms with Crippen molar-refractivity contribution in [3.63, 3.8) is 0 Å². The molecule has 2 aromatic carbocycles. The number of carbonyl (C=O) groups excluding carboxylic acids is 2. The van der Waals surface area contributed by atoms with Crippen LogP contribution < -0.4 is 4.31 Å². The highest BCUT2D eigenvalue weighted by molar-refractivity contribution is 7.94. The molecule has 1 atom stereocenters. The second kappa shape index (κ2) is 8.63. The van der Waals surface area contributed by atoms with Crippen LogP contribution in [0.4, 0.5) is 5.69 Å². The molecule has 164 valence electrons. The molecule has 2 aromatic rings. The maximum absolute atomic E-state index is 13.0. The molecule has 2 heterocycles. The Bertz CT molecular complexity index is 1100. The summed E-state index contributed by atoms with van der Waals surface area (Å²) in [7, 11) is -3.71. The van der Waals surface area contributed by atoms with Crippen molar-refractivity contribution in [3.05, 3.63) is 64.7 Å². The minimum atomic E-state index is -3.71. The highest BCUT2D eigenvalue weighted by Crippen LogP contribution is 2.32. The normalized spacial score (nSPS) is 21.5. The van der Waals surface area contributed by atoms with Crippen LogP contribution in [-0.4, -0.2) is 44.0 Å². The molecule has 8 heteroatoms. The van der Waals surface area contributed by atoms with Gasteiger partial charge >= 0.3 is 0 Å². The summed E-state index contributed by atoms with van der Waals surface area (Å²) >= 11 is 6.35. The number of hydrogen-bond donors (Lipinski definition) is 0. The van der Waals surface area contributed by atoms with Gasteiger partial charge in [0.2, 0.25) is 15.9 Å². The number of benzene rings is 2. The van der Waals surface area contributed by atoms with Crippen molar-refractivity contribution in [2.45, 2.75) is 26.2 Å². The topological polar surface area (TPSA) is 74.8 Å². The largest absolute Gasteiger partial charge is 0.339 e. The second-order valence-corrected chi connectivity index (χ2v) is 10.6. The van der Waals surface area contributed by atoms with E-state index in [0.29, 0.717) is 24.6 Å². The fourth-order valence-corrected chi connectivity index (χ4v) is 6.42. The van der Waals surface area contributed by atoms with Gasteiger partial charge in [-0.25, -0.2) is 12.7 Å². The zero-order chi connectivity index (χ0) is 22.2. The van der Waals surface area contributed by atoms with E-state index in [9.17, 15) is 18.0 Å². The number of hydrogen-bond acceptors (Lipinski definition) is 4. The molecule has 1 unspecified atom stereocenters. The first-order valence-corrected chi connectivity index (χ1v) is 12.4. The van der Waals surface area contributed by atoms with Crippen molar-refractivity contribution in [2.75, 3.05) is 23.1 Å². The summed E-state index contributed by atoms with van der Waals surface area (Å²) in [5.74, 6) is -0.920. The molecule has 2 amide bonds. The number of piperidine rings is 1. The highest BCUT2D eigenvalue weighted by atomic mass is 35.5. The summed E-state index contributed by atoms with van der Waals surface area (Å²) in [4.78, 5) is 27.1. The van der Waals surface area contributed by atoms with Gasteiger partial charge in [0.1, 0.15) is 0 Å². The molecule has 0 bridgehead atoms. The van der Waals surface area contributed by atoms with Crippen LogP contribution in [0.15, 0.2) is 48.5 Å². The standard InChI is InChI=1S/C23H25ClN2O4S/c1-16-15-31(29,30)26(22(16)27)19-7-8-20(21(24)14-19)23(28)25-11-9-18(10-12-25)13-17-5-3-2-4-6-17/h2-8,14,16,18H,9-13,15H2,1H3. The van der Waals surface area contributed by atoms with Crippen molar-refractivity contribution in [2.24, 2.45) is 11.8 Å². The molecule has 0 radical (unpaired) electrons. The van der Waals surface area contributed by atoms with E-state index in [1.807, 2.05) is 18.2 Å². The number of sulfonamides is 1. The maximum atomic E-state index is 13.0. The Balaban J connectivity index is 1.43. The van der Waals surface area contributed by atoms with Crippen LogP contribution in [0.1, 0.15) is 35.7 Å². The fraction of sp³-hybridized carbons (Fsp3) is 0.391. The highest BCUT2D eigenvalue weighted by Gasteiger charge is 2.42. The minimum absolute atomic E-state index is 0.150. The van der Waals surface area contributed by atoms with Crippen molar-refractivity contribution >= 4 is 39.1 Å². The summed E-state index contributed by atoms with van der Waals surface area (Å²) in [5, 5.41) is 0.150. The van der Waals surface area contributed by atoms with Gasteiger partial charge < -0.3 is 4.90 Å². The van der Waals surface area contributed by atoms with E-state index < -0.39 is 21.8 Å². The summed E-state index contributed by atoms with van der Waals surface area (Å²) in [6, 6.07) is 14.7. The lowest BCUT2D eigenvalue weighted by Crippen LogP contribution is -2.39. The predicted molar refractivity (Wildman–Crippen MR) is 121 cm³/mol. The van der Waals surface area contributed by atoms with Crippen molar-refractivity contribution < 1.29 is 18.0 Å². The number of halogens is 1. The van der Waals surface area contributed by atoms with Gasteiger partial charge in [0.05, 0.1) is 27.9 Å². The van der Waals surface area contributed by atoms with Crippen LogP contribution in [0.25, 0.3) is 0 Å². The third-order valence-corrected chi connectivity index (χ3v) is 8.23. The van der Waals surface area contributed by atoms with E-state index in [0.717, 1.165) is 23.6 Å². The Hall–Kier alpha value is -2.38. The number of carbonyl (C=O) groups is 2. The van der Waals surface area contributed by atoms with Crippen LogP contribution in [0, 0.1) is 11.8 Å². The van der Waals surface area contributed by atoms with Crippen LogP contribution >= 0.6 is 11.6 Å². The van der Waals surface area contributed by atoms with Gasteiger partial charge in [0, 0.05) is 13.1 Å². The summed E-state index contributed by atoms with van der Waals surface area (Å²) in [6.07, 6.45) is 2.86. The average Bonchev–Trinajstić information content (AvgIpc) is 2.95. The predicted octanol–water partition coefficient (Wildman–Crippen LogP) is 3.75. The SMILES string of the molecule is CC1CS(=O)(=O)N(c2ccc(C(=O)N3CCC(Cc4ccccc4)CC3)c(Cl)c2)C1=O. The number of likely N-dealkylation sites (tertiary alicyclic amines) is 1. The van der Waals surface area contributed by atoms with E-state index in [-0.39, 0.29) is 22.4 Å². The van der Waals surface area contributed by atoms with Crippen molar-refractivity contribution in [1.29, 1.82) is 0 Å². The number of anilines is 1. The quantitative estimate of drug-likeness (QED) is 0.696. The molecule has 6 nitrogen and oxygen atoms in total. The van der Waals surface area contributed by atoms with E-state index in [1.54, 1.807) is 11.8 Å². The third-order valence-electron chi connectivity index (χ3n) is 6.05. The Kier molecular flexibility index (Phi) is 6.08. The van der Waals surface area contributed by atoms with Crippen LogP contribution in [0.5, 0.6) is 0 Å². The Morgan fingerprint density at radius 1 is 1.10 bits per heavy atom. The van der Waals surface area contributed by atoms with Crippen molar-refractivity contribution in [1.82, 2.24) is 4.90 Å². The summed E-state index contributed by atoms with van der Waals surface area (Å²) in [5.41, 5.74) is 1.81. The molecule has 0 spiro atoms. The Morgan fingerprint density at radius 2 is 1.77 bits per heavy atom. The van der Waals surface area contributed by atoms with E-state index in [4.69, 9.17) is 11.6 Å². The van der Waals surface area contributed by atoms with Gasteiger partial charge in [0.25, 0.3) is 5.91 Å². The monoisotopic (exact) mass is 460 g/mol. The van der Waals surface area contributed by atoms with Crippen LogP contribution in [0.3, 0.4) is 0 Å². The Morgan fingerprint density at radius 3 is 2.35 bits per heavy atom. The zero-order valence-corrected chi connectivity index (χ0v) is 18.9. The molecule has 0 saturated carbocycles. The first-order valence-electron chi connectivity index (χ1n) is 10.5. The summed E-state index contributed by atoms with van der Waals surface area (Å²) < 4.78 is 25.4. The van der Waals surface area contributed by atoms with Gasteiger partial charge in [-0.15, -0.1) is 0 Å². The lowest BCUT2D eigenvalue weighted by Gasteiger charge is -2.32. The smallest absolute Gasteiger partial charge is 0.255 e. The number of rotatable bonds is 4. The zero-order valence-electron chi connectivity index (χ0n) is 17.3. The number of nitrogens with zero attached hydrogens (tertiary/aromatic N) is 2. The summed E-state index contributed by atoms with van der Waals surface area (Å²) in [6.45, 7) is 2.90. The molecule has 2 fully saturated rings. The van der Waals surface area contributed by atoms with E-state index in [2.05, 4.69) is 12.1 Å². The average molecular weight is 461 g/mol. The molecule has 31 heavy (non-hydrogen) atoms. The molecular formula is C23H25ClN2O4S. The van der Waals surface area contributed by atoms with Gasteiger partial charge in [-0.3, -0.25) is 9.59 Å². The molecular weight excluding hydrogens is 436 g/mol. The molecule has 4 rings (SSSR count). The molecule has 2 saturated heterocycles. The van der Waals surface area contributed by atoms with Crippen LogP contribution in [0.2, 0.25) is 5.02 Å². The van der Waals surface area contributed by atoms with Crippen LogP contribution in [-0.2, 0) is 21.2 Å². The van der Waals surface area contributed by atoms with Gasteiger partial charge in [-0.2, -0.15) is 0 Å². The molecule has 0 aliphatic carbocycles. The van der Waals surface area contributed by atoms with Crippen molar-refractivity contribution in [3.8, 4) is 0 Å². The molecule has 2 aliphatic heterocycles. The van der Waals surface area contributed by atoms with Gasteiger partial charge in [-0.05, 0) is 48.9 Å². The molecule has 0 N–H and O–H groups in total. The Labute approximate surface area is 187 Å². The third kappa shape index (κ3) is 4.48. The first kappa shape index (κ1) is 21.8. The van der Waals surface area contributed by atoms with Gasteiger partial charge in [0.15, 0.2) is 0 Å². The van der Waals surface area contributed by atoms with E-state index >= 15 is 0 Å². The second-order valence-electron chi connectivity index (χ2n) is 8.37. The molecule has 0 aromatic heterocycles. The lowest BCUT2D eigenvalue weighted by molar-refractivity contribution is -0.119. The van der Waals surface area contributed by atoms with E-state index in [1.165, 1.54) is 23.8 Å². The molecule has 2 aliphatic rings. The number of amides is 2.